The van der Waals surface area contributed by atoms with Crippen LogP contribution < -0.4 is 0 Å². The largest absolute Gasteiger partial charge is 0.256 e. The smallest absolute Gasteiger partial charge is 0.222 e. The fourth-order valence-electron chi connectivity index (χ4n) is 0.349. The molecule has 0 aliphatic carbocycles. The molecule has 0 bridgehead atoms. The van der Waals surface area contributed by atoms with Crippen LogP contribution in [0.2, 0.25) is 0 Å². The van der Waals surface area contributed by atoms with E-state index in [0.717, 1.165) is 0 Å². The predicted octanol–water partition coefficient (Wildman–Crippen LogP) is 1.03. The van der Waals surface area contributed by atoms with Crippen molar-refractivity contribution in [3.63, 3.8) is 0 Å². The minimum Gasteiger partial charge on any atom is -0.256 e. The monoisotopic (exact) mass is 105 g/mol. The molecule has 3 nitrogen and oxygen atoms in total. The van der Waals surface area contributed by atoms with Crippen LogP contribution in [0.4, 0.5) is 5.69 Å². The molecule has 0 radical (unpaired) electrons. The van der Waals surface area contributed by atoms with Crippen molar-refractivity contribution in [3.05, 3.63) is 30.1 Å². The van der Waals surface area contributed by atoms with E-state index in [0.29, 0.717) is 5.69 Å². The molecule has 0 amide bonds. The third-order valence-corrected chi connectivity index (χ3v) is 0.676. The average Bonchev–Trinajstić information content (AvgIpc) is 1.90. The predicted molar refractivity (Wildman–Crippen MR) is 28.3 cm³/mol. The highest BCUT2D eigenvalue weighted by Crippen LogP contribution is 2.02. The van der Waals surface area contributed by atoms with E-state index in [9.17, 15) is 0 Å². The van der Waals surface area contributed by atoms with E-state index in [-0.39, 0.29) is 0 Å². The van der Waals surface area contributed by atoms with Crippen LogP contribution >= 0.6 is 0 Å². The summed E-state index contributed by atoms with van der Waals surface area (Å²) in [5.74, 6) is 0. The molecule has 38 valence electrons. The van der Waals surface area contributed by atoms with Crippen LogP contribution in [-0.2, 0) is 0 Å². The molecular weight excluding hydrogens is 102 g/mol. The molecule has 0 fully saturated rings. The molecular formula is C5H3N3. The lowest BCUT2D eigenvalue weighted by atomic mass is 10.6. The molecule has 0 aromatic carbocycles. The van der Waals surface area contributed by atoms with Crippen LogP contribution in [0.3, 0.4) is 0 Å². The zero-order chi connectivity index (χ0) is 5.82. The van der Waals surface area contributed by atoms with Gasteiger partial charge in [-0.2, -0.15) is 0 Å². The molecule has 0 saturated heterocycles. The highest BCUT2D eigenvalue weighted by Gasteiger charge is 1.82. The first-order chi connectivity index (χ1) is 3.93. The molecule has 0 spiro atoms. The molecule has 8 heavy (non-hydrogen) atoms. The molecule has 0 aliphatic heterocycles. The van der Waals surface area contributed by atoms with Gasteiger partial charge in [0.2, 0.25) is 5.69 Å². The molecule has 0 saturated carbocycles. The van der Waals surface area contributed by atoms with Gasteiger partial charge in [-0.05, 0) is 0 Å². The van der Waals surface area contributed by atoms with Gasteiger partial charge in [0.25, 0.3) is 0 Å². The van der Waals surface area contributed by atoms with Gasteiger partial charge in [0, 0.05) is 12.4 Å². The van der Waals surface area contributed by atoms with Crippen molar-refractivity contribution in [3.8, 4) is 0 Å². The van der Waals surface area contributed by atoms with Gasteiger partial charge in [0.1, 0.15) is 6.33 Å². The maximum absolute atomic E-state index is 6.49. The van der Waals surface area contributed by atoms with Crippen molar-refractivity contribution in [2.45, 2.75) is 0 Å². The van der Waals surface area contributed by atoms with Gasteiger partial charge in [-0.3, -0.25) is 9.97 Å². The molecule has 0 aliphatic rings. The topological polar surface area (TPSA) is 30.1 Å². The lowest BCUT2D eigenvalue weighted by Crippen LogP contribution is -1.69. The summed E-state index contributed by atoms with van der Waals surface area (Å²) in [6, 6.07) is 0. The zero-order valence-electron chi connectivity index (χ0n) is 4.07. The van der Waals surface area contributed by atoms with E-state index >= 15 is 0 Å². The maximum atomic E-state index is 6.49. The Kier molecular flexibility index (Phi) is 1.20. The first-order valence-electron chi connectivity index (χ1n) is 2.06. The number of rotatable bonds is 0. The van der Waals surface area contributed by atoms with Crippen molar-refractivity contribution in [1.82, 2.24) is 9.97 Å². The van der Waals surface area contributed by atoms with Gasteiger partial charge in [-0.15, -0.1) is 0 Å². The van der Waals surface area contributed by atoms with E-state index in [2.05, 4.69) is 14.8 Å². The van der Waals surface area contributed by atoms with Crippen LogP contribution in [0.1, 0.15) is 0 Å². The summed E-state index contributed by atoms with van der Waals surface area (Å²) in [5.41, 5.74) is 0.479. The van der Waals surface area contributed by atoms with Gasteiger partial charge in [-0.1, -0.05) is 0 Å². The Morgan fingerprint density at radius 2 is 2.00 bits per heavy atom. The fourth-order valence-corrected chi connectivity index (χ4v) is 0.349. The molecule has 1 aromatic rings. The quantitative estimate of drug-likeness (QED) is 0.461. The summed E-state index contributed by atoms with van der Waals surface area (Å²) in [5, 5.41) is 0. The third-order valence-electron chi connectivity index (χ3n) is 0.676. The number of aromatic nitrogens is 2. The summed E-state index contributed by atoms with van der Waals surface area (Å²) < 4.78 is 0. The second kappa shape index (κ2) is 2.03. The van der Waals surface area contributed by atoms with Crippen molar-refractivity contribution >= 4 is 5.69 Å². The standard InChI is InChI=1S/C5H3N3/c1-6-5-2-7-4-8-3-5/h2-4H. The Balaban J connectivity index is 3.05. The van der Waals surface area contributed by atoms with Gasteiger partial charge in [0.15, 0.2) is 0 Å². The molecule has 0 unspecified atom stereocenters. The lowest BCUT2D eigenvalue weighted by Gasteiger charge is -1.79. The second-order valence-electron chi connectivity index (χ2n) is 1.21. The Labute approximate surface area is 46.8 Å². The Bertz CT molecular complexity index is 199. The number of hydrogen-bond acceptors (Lipinski definition) is 2. The Morgan fingerprint density at radius 1 is 1.38 bits per heavy atom. The summed E-state index contributed by atoms with van der Waals surface area (Å²) in [6.07, 6.45) is 4.34. The van der Waals surface area contributed by atoms with E-state index in [1.165, 1.54) is 18.7 Å². The van der Waals surface area contributed by atoms with Crippen LogP contribution in [0.25, 0.3) is 4.85 Å². The summed E-state index contributed by atoms with van der Waals surface area (Å²) in [6.45, 7) is 6.49. The fraction of sp³-hybridized carbons (Fsp3) is 0. The number of hydrogen-bond donors (Lipinski definition) is 0. The van der Waals surface area contributed by atoms with Crippen LogP contribution in [0, 0.1) is 6.57 Å². The molecule has 0 atom stereocenters. The first-order valence-corrected chi connectivity index (χ1v) is 2.06. The lowest BCUT2D eigenvalue weighted by molar-refractivity contribution is 1.18. The highest BCUT2D eigenvalue weighted by molar-refractivity contribution is 5.37. The summed E-state index contributed by atoms with van der Waals surface area (Å²) >= 11 is 0. The summed E-state index contributed by atoms with van der Waals surface area (Å²) in [4.78, 5) is 10.4. The molecule has 0 N–H and O–H groups in total. The normalized spacial score (nSPS) is 7.88. The minimum absolute atomic E-state index is 0.479. The van der Waals surface area contributed by atoms with Crippen molar-refractivity contribution < 1.29 is 0 Å². The number of nitrogens with zero attached hydrogens (tertiary/aromatic N) is 3. The van der Waals surface area contributed by atoms with Gasteiger partial charge < -0.3 is 0 Å². The SMILES string of the molecule is [C-]#[N+]c1cncnc1. The molecule has 1 aromatic heterocycles. The highest BCUT2D eigenvalue weighted by atomic mass is 14.8. The van der Waals surface area contributed by atoms with Gasteiger partial charge >= 0.3 is 0 Å². The van der Waals surface area contributed by atoms with Crippen LogP contribution in [-0.4, -0.2) is 9.97 Å². The maximum Gasteiger partial charge on any atom is 0.222 e. The minimum atomic E-state index is 0.479. The van der Waals surface area contributed by atoms with Gasteiger partial charge in [0.05, 0.1) is 6.57 Å². The van der Waals surface area contributed by atoms with Gasteiger partial charge in [-0.25, -0.2) is 4.85 Å². The van der Waals surface area contributed by atoms with Crippen LogP contribution in [0.15, 0.2) is 18.7 Å². The molecule has 1 rings (SSSR count). The van der Waals surface area contributed by atoms with Crippen molar-refractivity contribution in [2.24, 2.45) is 0 Å². The summed E-state index contributed by atoms with van der Waals surface area (Å²) in [7, 11) is 0. The molecule has 1 heterocycles. The van der Waals surface area contributed by atoms with Crippen molar-refractivity contribution in [1.29, 1.82) is 0 Å². The Morgan fingerprint density at radius 3 is 2.38 bits per heavy atom. The van der Waals surface area contributed by atoms with E-state index < -0.39 is 0 Å². The van der Waals surface area contributed by atoms with E-state index in [1.807, 2.05) is 0 Å². The van der Waals surface area contributed by atoms with E-state index in [1.54, 1.807) is 0 Å². The van der Waals surface area contributed by atoms with E-state index in [4.69, 9.17) is 6.57 Å². The average molecular weight is 105 g/mol. The zero-order valence-corrected chi connectivity index (χ0v) is 4.07. The third kappa shape index (κ3) is 0.793. The molecule has 3 heteroatoms. The first kappa shape index (κ1) is 4.72. The Hall–Kier alpha value is -1.43. The van der Waals surface area contributed by atoms with Crippen molar-refractivity contribution in [2.75, 3.05) is 0 Å². The van der Waals surface area contributed by atoms with Crippen LogP contribution in [0.5, 0.6) is 0 Å². The second-order valence-corrected chi connectivity index (χ2v) is 1.21.